The number of hydrogen-bond donors (Lipinski definition) is 1. The number of oxime groups is 1. The van der Waals surface area contributed by atoms with Crippen molar-refractivity contribution in [2.75, 3.05) is 0 Å². The lowest BCUT2D eigenvalue weighted by Crippen LogP contribution is -1.98. The highest BCUT2D eigenvalue weighted by molar-refractivity contribution is 5.98. The second kappa shape index (κ2) is 2.74. The molecule has 0 aliphatic heterocycles. The fraction of sp³-hybridized carbons (Fsp3) is 0.429. The van der Waals surface area contributed by atoms with Crippen LogP contribution in [0.2, 0.25) is 0 Å². The van der Waals surface area contributed by atoms with E-state index in [1.165, 1.54) is 0 Å². The van der Waals surface area contributed by atoms with Gasteiger partial charge in [-0.05, 0) is 13.8 Å². The predicted octanol–water partition coefficient (Wildman–Crippen LogP) is 0.927. The lowest BCUT2D eigenvalue weighted by molar-refractivity contribution is 0.319. The molecule has 0 bridgehead atoms. The lowest BCUT2D eigenvalue weighted by Gasteiger charge is -1.96. The van der Waals surface area contributed by atoms with E-state index in [9.17, 15) is 0 Å². The smallest absolute Gasteiger partial charge is 0.0871 e. The third kappa shape index (κ3) is 1.24. The van der Waals surface area contributed by atoms with Gasteiger partial charge < -0.3 is 5.21 Å². The minimum absolute atomic E-state index is 0.593. The van der Waals surface area contributed by atoms with Gasteiger partial charge in [0.1, 0.15) is 0 Å². The fourth-order valence-corrected chi connectivity index (χ4v) is 0.908. The summed E-state index contributed by atoms with van der Waals surface area (Å²) in [6.07, 6.45) is 1.68. The van der Waals surface area contributed by atoms with Crippen LogP contribution in [0, 0.1) is 6.92 Å². The van der Waals surface area contributed by atoms with Crippen LogP contribution in [0.3, 0.4) is 0 Å². The Morgan fingerprint density at radius 3 is 2.73 bits per heavy atom. The first kappa shape index (κ1) is 7.78. The maximum absolute atomic E-state index is 8.47. The Bertz CT molecular complexity index is 288. The Morgan fingerprint density at radius 2 is 2.36 bits per heavy atom. The number of rotatable bonds is 1. The van der Waals surface area contributed by atoms with E-state index in [1.54, 1.807) is 17.8 Å². The summed E-state index contributed by atoms with van der Waals surface area (Å²) in [6.45, 7) is 3.67. The molecule has 1 aromatic heterocycles. The molecule has 0 fully saturated rings. The Labute approximate surface area is 65.1 Å². The second-order valence-corrected chi connectivity index (χ2v) is 2.45. The Hall–Kier alpha value is -1.32. The molecule has 0 aliphatic rings. The summed E-state index contributed by atoms with van der Waals surface area (Å²) in [7, 11) is 1.85. The van der Waals surface area contributed by atoms with Gasteiger partial charge in [0.05, 0.1) is 11.9 Å². The molecule has 4 nitrogen and oxygen atoms in total. The van der Waals surface area contributed by atoms with Gasteiger partial charge in [-0.2, -0.15) is 5.10 Å². The van der Waals surface area contributed by atoms with Crippen LogP contribution in [0.4, 0.5) is 0 Å². The van der Waals surface area contributed by atoms with Gasteiger partial charge in [-0.15, -0.1) is 0 Å². The summed E-state index contributed by atoms with van der Waals surface area (Å²) in [5.41, 5.74) is 2.48. The van der Waals surface area contributed by atoms with Gasteiger partial charge in [0.2, 0.25) is 0 Å². The summed E-state index contributed by atoms with van der Waals surface area (Å²) in [5.74, 6) is 0. The normalized spacial score (nSPS) is 12.1. The van der Waals surface area contributed by atoms with Crippen LogP contribution in [0.1, 0.15) is 18.2 Å². The predicted molar refractivity (Wildman–Crippen MR) is 41.9 cm³/mol. The first-order chi connectivity index (χ1) is 5.16. The van der Waals surface area contributed by atoms with Gasteiger partial charge in [0.15, 0.2) is 0 Å². The maximum atomic E-state index is 8.47. The third-order valence-corrected chi connectivity index (χ3v) is 1.78. The van der Waals surface area contributed by atoms with Crippen molar-refractivity contribution in [3.63, 3.8) is 0 Å². The van der Waals surface area contributed by atoms with E-state index >= 15 is 0 Å². The zero-order chi connectivity index (χ0) is 8.43. The quantitative estimate of drug-likeness (QED) is 0.370. The molecule has 0 aromatic carbocycles. The highest BCUT2D eigenvalue weighted by atomic mass is 16.4. The maximum Gasteiger partial charge on any atom is 0.0871 e. The van der Waals surface area contributed by atoms with E-state index in [2.05, 4.69) is 10.3 Å². The minimum atomic E-state index is 0.593. The van der Waals surface area contributed by atoms with Crippen LogP contribution in [0.15, 0.2) is 11.4 Å². The van der Waals surface area contributed by atoms with E-state index in [0.717, 1.165) is 11.3 Å². The van der Waals surface area contributed by atoms with Crippen molar-refractivity contribution in [2.24, 2.45) is 12.2 Å². The molecular weight excluding hydrogens is 142 g/mol. The molecule has 1 aromatic rings. The Morgan fingerprint density at radius 1 is 1.73 bits per heavy atom. The summed E-state index contributed by atoms with van der Waals surface area (Å²) in [6, 6.07) is 0. The zero-order valence-electron chi connectivity index (χ0n) is 6.87. The minimum Gasteiger partial charge on any atom is -0.411 e. The van der Waals surface area contributed by atoms with Crippen molar-refractivity contribution in [3.05, 3.63) is 17.5 Å². The van der Waals surface area contributed by atoms with Gasteiger partial charge in [-0.1, -0.05) is 5.16 Å². The number of hydrogen-bond acceptors (Lipinski definition) is 3. The van der Waals surface area contributed by atoms with Crippen LogP contribution in [0.5, 0.6) is 0 Å². The molecule has 0 aliphatic carbocycles. The van der Waals surface area contributed by atoms with Crippen LogP contribution in [-0.2, 0) is 7.05 Å². The van der Waals surface area contributed by atoms with Crippen LogP contribution >= 0.6 is 0 Å². The number of aromatic nitrogens is 2. The molecular formula is C7H11N3O. The number of aryl methyl sites for hydroxylation is 1. The fourth-order valence-electron chi connectivity index (χ4n) is 0.908. The third-order valence-electron chi connectivity index (χ3n) is 1.78. The van der Waals surface area contributed by atoms with Crippen molar-refractivity contribution in [3.8, 4) is 0 Å². The summed E-state index contributed by atoms with van der Waals surface area (Å²) >= 11 is 0. The summed E-state index contributed by atoms with van der Waals surface area (Å²) in [4.78, 5) is 0. The molecule has 0 saturated carbocycles. The average Bonchev–Trinajstić information content (AvgIpc) is 2.32. The number of nitrogens with zero attached hydrogens (tertiary/aromatic N) is 3. The molecule has 0 spiro atoms. The lowest BCUT2D eigenvalue weighted by atomic mass is 10.2. The zero-order valence-corrected chi connectivity index (χ0v) is 6.87. The molecule has 0 radical (unpaired) electrons. The topological polar surface area (TPSA) is 50.4 Å². The van der Waals surface area contributed by atoms with Gasteiger partial charge in [-0.25, -0.2) is 0 Å². The molecule has 4 heteroatoms. The van der Waals surface area contributed by atoms with Gasteiger partial charge in [0.25, 0.3) is 0 Å². The van der Waals surface area contributed by atoms with E-state index in [0.29, 0.717) is 5.71 Å². The van der Waals surface area contributed by atoms with Crippen molar-refractivity contribution >= 4 is 5.71 Å². The van der Waals surface area contributed by atoms with Gasteiger partial charge in [0, 0.05) is 18.3 Å². The molecule has 0 amide bonds. The molecule has 11 heavy (non-hydrogen) atoms. The van der Waals surface area contributed by atoms with E-state index < -0.39 is 0 Å². The van der Waals surface area contributed by atoms with Crippen LogP contribution < -0.4 is 0 Å². The SMILES string of the molecule is C/C(=N/O)c1cnn(C)c1C. The van der Waals surface area contributed by atoms with Crippen molar-refractivity contribution < 1.29 is 5.21 Å². The van der Waals surface area contributed by atoms with E-state index in [1.807, 2.05) is 14.0 Å². The van der Waals surface area contributed by atoms with Gasteiger partial charge >= 0.3 is 0 Å². The second-order valence-electron chi connectivity index (χ2n) is 2.45. The Balaban J connectivity index is 3.15. The summed E-state index contributed by atoms with van der Waals surface area (Å²) < 4.78 is 1.74. The standard InChI is InChI=1S/C7H11N3O/c1-5(9-11)7-4-8-10(3)6(7)2/h4,11H,1-3H3/b9-5-. The molecule has 0 atom stereocenters. The van der Waals surface area contributed by atoms with E-state index in [4.69, 9.17) is 5.21 Å². The van der Waals surface area contributed by atoms with Crippen molar-refractivity contribution in [1.29, 1.82) is 0 Å². The molecule has 1 heterocycles. The van der Waals surface area contributed by atoms with Crippen LogP contribution in [-0.4, -0.2) is 20.7 Å². The monoisotopic (exact) mass is 153 g/mol. The average molecular weight is 153 g/mol. The van der Waals surface area contributed by atoms with Crippen LogP contribution in [0.25, 0.3) is 0 Å². The van der Waals surface area contributed by atoms with E-state index in [-0.39, 0.29) is 0 Å². The first-order valence-electron chi connectivity index (χ1n) is 3.34. The van der Waals surface area contributed by atoms with Crippen molar-refractivity contribution in [1.82, 2.24) is 9.78 Å². The highest BCUT2D eigenvalue weighted by Gasteiger charge is 2.05. The summed E-state index contributed by atoms with van der Waals surface area (Å²) in [5, 5.41) is 15.6. The molecule has 60 valence electrons. The van der Waals surface area contributed by atoms with Crippen molar-refractivity contribution in [2.45, 2.75) is 13.8 Å². The molecule has 0 unspecified atom stereocenters. The van der Waals surface area contributed by atoms with Gasteiger partial charge in [-0.3, -0.25) is 4.68 Å². The molecule has 0 saturated heterocycles. The Kier molecular flexibility index (Phi) is 1.94. The highest BCUT2D eigenvalue weighted by Crippen LogP contribution is 2.06. The molecule has 1 rings (SSSR count). The molecule has 1 N–H and O–H groups in total. The largest absolute Gasteiger partial charge is 0.411 e. The first-order valence-corrected chi connectivity index (χ1v) is 3.34.